The lowest BCUT2D eigenvalue weighted by Crippen LogP contribution is -2.12. The van der Waals surface area contributed by atoms with E-state index in [4.69, 9.17) is 4.74 Å². The zero-order valence-electron chi connectivity index (χ0n) is 16.2. The van der Waals surface area contributed by atoms with Gasteiger partial charge in [0.1, 0.15) is 17.2 Å². The van der Waals surface area contributed by atoms with Crippen LogP contribution in [-0.2, 0) is 0 Å². The third kappa shape index (κ3) is 4.50. The van der Waals surface area contributed by atoms with Crippen molar-refractivity contribution in [1.82, 2.24) is 0 Å². The van der Waals surface area contributed by atoms with Gasteiger partial charge in [-0.05, 0) is 49.1 Å². The molecule has 1 saturated carbocycles. The van der Waals surface area contributed by atoms with Crippen molar-refractivity contribution in [3.8, 4) is 17.2 Å². The number of ketones is 1. The summed E-state index contributed by atoms with van der Waals surface area (Å²) in [7, 11) is 0. The summed E-state index contributed by atoms with van der Waals surface area (Å²) < 4.78 is 5.92. The molecule has 0 bridgehead atoms. The summed E-state index contributed by atoms with van der Waals surface area (Å²) in [6.07, 6.45) is 6.10. The highest BCUT2D eigenvalue weighted by molar-refractivity contribution is 5.99. The van der Waals surface area contributed by atoms with Crippen molar-refractivity contribution in [2.45, 2.75) is 52.4 Å². The monoisotopic (exact) mass is 383 g/mol. The summed E-state index contributed by atoms with van der Waals surface area (Å²) >= 11 is 0. The van der Waals surface area contributed by atoms with Gasteiger partial charge in [-0.3, -0.25) is 14.9 Å². The van der Waals surface area contributed by atoms with E-state index in [1.165, 1.54) is 24.6 Å². The van der Waals surface area contributed by atoms with Gasteiger partial charge >= 0.3 is 0 Å². The molecule has 1 aliphatic rings. The van der Waals surface area contributed by atoms with Gasteiger partial charge in [0, 0.05) is 18.6 Å². The van der Waals surface area contributed by atoms with Gasteiger partial charge in [-0.1, -0.05) is 32.1 Å². The van der Waals surface area contributed by atoms with Crippen molar-refractivity contribution in [3.63, 3.8) is 0 Å². The fraction of sp³-hybridized carbons (Fsp3) is 0.409. The normalized spacial score (nSPS) is 14.6. The smallest absolute Gasteiger partial charge is 0.270 e. The largest absolute Gasteiger partial charge is 0.507 e. The first-order chi connectivity index (χ1) is 13.3. The maximum atomic E-state index is 12.7. The SMILES string of the molecule is Cc1cc([N+](=O)[O-])cc(C)c1Oc1ccc(O)c(C(=O)CC2CCCCC2)c1. The minimum atomic E-state index is -0.438. The van der Waals surface area contributed by atoms with Crippen LogP contribution in [0.5, 0.6) is 17.2 Å². The van der Waals surface area contributed by atoms with Crippen molar-refractivity contribution >= 4 is 11.5 Å². The third-order valence-corrected chi connectivity index (χ3v) is 5.34. The van der Waals surface area contributed by atoms with Crippen LogP contribution < -0.4 is 4.74 Å². The first kappa shape index (κ1) is 19.9. The molecular weight excluding hydrogens is 358 g/mol. The number of carbonyl (C=O) groups excluding carboxylic acids is 1. The van der Waals surface area contributed by atoms with Gasteiger partial charge in [0.05, 0.1) is 10.5 Å². The number of nitrogens with zero attached hydrogens (tertiary/aromatic N) is 1. The molecule has 1 aliphatic carbocycles. The van der Waals surface area contributed by atoms with Crippen LogP contribution in [0.25, 0.3) is 0 Å². The molecule has 0 aromatic heterocycles. The number of Topliss-reactive ketones (excluding diaryl/α,β-unsaturated/α-hetero) is 1. The number of benzene rings is 2. The van der Waals surface area contributed by atoms with Gasteiger partial charge in [0.25, 0.3) is 5.69 Å². The summed E-state index contributed by atoms with van der Waals surface area (Å²) in [5, 5.41) is 21.2. The Morgan fingerprint density at radius 1 is 1.14 bits per heavy atom. The van der Waals surface area contributed by atoms with Crippen LogP contribution in [-0.4, -0.2) is 15.8 Å². The number of aromatic hydroxyl groups is 1. The molecule has 0 radical (unpaired) electrons. The molecule has 0 heterocycles. The standard InChI is InChI=1S/C22H25NO5/c1-14-10-17(23(26)27)11-15(2)22(14)28-18-8-9-20(24)19(13-18)21(25)12-16-6-4-3-5-7-16/h8-11,13,16,24H,3-7,12H2,1-2H3. The minimum Gasteiger partial charge on any atom is -0.507 e. The van der Waals surface area contributed by atoms with Crippen LogP contribution in [0.4, 0.5) is 5.69 Å². The zero-order valence-corrected chi connectivity index (χ0v) is 16.2. The predicted octanol–water partition coefficient (Wildman–Crippen LogP) is 5.86. The van der Waals surface area contributed by atoms with Gasteiger partial charge in [0.2, 0.25) is 0 Å². The molecule has 1 fully saturated rings. The number of carbonyl (C=O) groups is 1. The van der Waals surface area contributed by atoms with Crippen LogP contribution in [0.15, 0.2) is 30.3 Å². The third-order valence-electron chi connectivity index (χ3n) is 5.34. The number of hydrogen-bond donors (Lipinski definition) is 1. The summed E-state index contributed by atoms with van der Waals surface area (Å²) in [6.45, 7) is 3.48. The number of nitro groups is 1. The van der Waals surface area contributed by atoms with Gasteiger partial charge in [-0.2, -0.15) is 0 Å². The molecule has 0 unspecified atom stereocenters. The molecule has 2 aromatic rings. The summed E-state index contributed by atoms with van der Waals surface area (Å²) in [5.74, 6) is 1.19. The van der Waals surface area contributed by atoms with Crippen LogP contribution in [0.1, 0.15) is 60.0 Å². The number of hydrogen-bond acceptors (Lipinski definition) is 5. The minimum absolute atomic E-state index is 0.0106. The topological polar surface area (TPSA) is 89.7 Å². The lowest BCUT2D eigenvalue weighted by molar-refractivity contribution is -0.385. The molecule has 0 saturated heterocycles. The lowest BCUT2D eigenvalue weighted by atomic mass is 9.84. The van der Waals surface area contributed by atoms with Crippen LogP contribution in [0.3, 0.4) is 0 Å². The van der Waals surface area contributed by atoms with Crippen LogP contribution in [0.2, 0.25) is 0 Å². The molecule has 6 nitrogen and oxygen atoms in total. The van der Waals surface area contributed by atoms with E-state index in [0.717, 1.165) is 25.7 Å². The van der Waals surface area contributed by atoms with Gasteiger partial charge in [0.15, 0.2) is 5.78 Å². The molecule has 28 heavy (non-hydrogen) atoms. The highest BCUT2D eigenvalue weighted by Crippen LogP contribution is 2.35. The molecule has 148 valence electrons. The van der Waals surface area contributed by atoms with Gasteiger partial charge < -0.3 is 9.84 Å². The lowest BCUT2D eigenvalue weighted by Gasteiger charge is -2.21. The Morgan fingerprint density at radius 2 is 1.79 bits per heavy atom. The summed E-state index contributed by atoms with van der Waals surface area (Å²) in [4.78, 5) is 23.3. The number of ether oxygens (including phenoxy) is 1. The first-order valence-electron chi connectivity index (χ1n) is 9.65. The zero-order chi connectivity index (χ0) is 20.3. The number of nitro benzene ring substituents is 1. The highest BCUT2D eigenvalue weighted by Gasteiger charge is 2.21. The number of non-ortho nitro benzene ring substituents is 1. The van der Waals surface area contributed by atoms with E-state index >= 15 is 0 Å². The van der Waals surface area contributed by atoms with Crippen LogP contribution in [0, 0.1) is 29.9 Å². The van der Waals surface area contributed by atoms with E-state index in [1.54, 1.807) is 26.0 Å². The number of rotatable bonds is 6. The number of phenolic OH excluding ortho intramolecular Hbond substituents is 1. The second-order valence-corrected chi connectivity index (χ2v) is 7.58. The Balaban J connectivity index is 1.81. The molecule has 0 amide bonds. The maximum absolute atomic E-state index is 12.7. The highest BCUT2D eigenvalue weighted by atomic mass is 16.6. The Labute approximate surface area is 164 Å². The molecule has 2 aromatic carbocycles. The average molecular weight is 383 g/mol. The average Bonchev–Trinajstić information content (AvgIpc) is 2.66. The molecule has 3 rings (SSSR count). The molecule has 0 atom stereocenters. The number of phenols is 1. The second-order valence-electron chi connectivity index (χ2n) is 7.58. The Kier molecular flexibility index (Phi) is 5.97. The second kappa shape index (κ2) is 8.42. The van der Waals surface area contributed by atoms with Crippen molar-refractivity contribution in [2.75, 3.05) is 0 Å². The van der Waals surface area contributed by atoms with Crippen molar-refractivity contribution < 1.29 is 19.6 Å². The van der Waals surface area contributed by atoms with Crippen molar-refractivity contribution in [3.05, 3.63) is 57.1 Å². The maximum Gasteiger partial charge on any atom is 0.270 e. The van der Waals surface area contributed by atoms with E-state index in [1.807, 2.05) is 0 Å². The van der Waals surface area contributed by atoms with Gasteiger partial charge in [-0.25, -0.2) is 0 Å². The Morgan fingerprint density at radius 3 is 2.39 bits per heavy atom. The van der Waals surface area contributed by atoms with Gasteiger partial charge in [-0.15, -0.1) is 0 Å². The molecule has 0 aliphatic heterocycles. The molecule has 0 spiro atoms. The Hall–Kier alpha value is -2.89. The van der Waals surface area contributed by atoms with E-state index < -0.39 is 4.92 Å². The van der Waals surface area contributed by atoms with E-state index in [0.29, 0.717) is 35.0 Å². The fourth-order valence-corrected chi connectivity index (χ4v) is 3.88. The fourth-order valence-electron chi connectivity index (χ4n) is 3.88. The van der Waals surface area contributed by atoms with Crippen molar-refractivity contribution in [1.29, 1.82) is 0 Å². The van der Waals surface area contributed by atoms with Crippen LogP contribution >= 0.6 is 0 Å². The van der Waals surface area contributed by atoms with E-state index in [2.05, 4.69) is 0 Å². The quantitative estimate of drug-likeness (QED) is 0.383. The molecule has 1 N–H and O–H groups in total. The van der Waals surface area contributed by atoms with E-state index in [9.17, 15) is 20.0 Å². The molecular formula is C22H25NO5. The summed E-state index contributed by atoms with van der Waals surface area (Å²) in [5.41, 5.74) is 1.54. The predicted molar refractivity (Wildman–Crippen MR) is 106 cm³/mol. The summed E-state index contributed by atoms with van der Waals surface area (Å²) in [6, 6.07) is 7.52. The number of aryl methyl sites for hydroxylation is 2. The van der Waals surface area contributed by atoms with Crippen molar-refractivity contribution in [2.24, 2.45) is 5.92 Å². The first-order valence-corrected chi connectivity index (χ1v) is 9.65. The Bertz CT molecular complexity index is 877. The van der Waals surface area contributed by atoms with E-state index in [-0.39, 0.29) is 22.8 Å². The molecule has 6 heteroatoms.